The molecule has 1 saturated heterocycles. The Kier molecular flexibility index (Phi) is 7.25. The van der Waals surface area contributed by atoms with Crippen LogP contribution in [0.2, 0.25) is 10.0 Å². The number of rotatable bonds is 7. The van der Waals surface area contributed by atoms with Crippen molar-refractivity contribution in [2.75, 3.05) is 13.2 Å². The molecule has 30 heavy (non-hydrogen) atoms. The van der Waals surface area contributed by atoms with Crippen molar-refractivity contribution in [3.05, 3.63) is 56.9 Å². The summed E-state index contributed by atoms with van der Waals surface area (Å²) in [6.07, 6.45) is 1.64. The smallest absolute Gasteiger partial charge is 0.341 e. The molecular weight excluding hydrogens is 451 g/mol. The molecule has 2 N–H and O–H groups in total. The van der Waals surface area contributed by atoms with Crippen LogP contribution >= 0.6 is 35.0 Å². The number of carboxylic acids is 1. The van der Waals surface area contributed by atoms with E-state index < -0.39 is 12.6 Å². The van der Waals surface area contributed by atoms with Gasteiger partial charge in [0.15, 0.2) is 23.3 Å². The van der Waals surface area contributed by atoms with E-state index in [-0.39, 0.29) is 22.4 Å². The van der Waals surface area contributed by atoms with Crippen LogP contribution in [0.1, 0.15) is 12.5 Å². The van der Waals surface area contributed by atoms with Crippen molar-refractivity contribution >= 4 is 63.8 Å². The second-order valence-corrected chi connectivity index (χ2v) is 7.78. The number of ether oxygens (including phenoxy) is 2. The number of halogens is 2. The van der Waals surface area contributed by atoms with Gasteiger partial charge in [-0.25, -0.2) is 9.79 Å². The minimum atomic E-state index is -1.13. The molecule has 1 fully saturated rings. The number of hydrogen-bond donors (Lipinski definition) is 2. The van der Waals surface area contributed by atoms with Crippen molar-refractivity contribution in [3.63, 3.8) is 0 Å². The minimum Gasteiger partial charge on any atom is -0.490 e. The van der Waals surface area contributed by atoms with Crippen molar-refractivity contribution in [2.24, 2.45) is 4.99 Å². The van der Waals surface area contributed by atoms with Crippen molar-refractivity contribution in [3.8, 4) is 11.5 Å². The van der Waals surface area contributed by atoms with E-state index in [1.165, 1.54) is 11.8 Å². The number of amidine groups is 1. The lowest BCUT2D eigenvalue weighted by Crippen LogP contribution is -2.19. The normalized spacial score (nSPS) is 16.0. The number of carbonyl (C=O) groups is 2. The number of benzene rings is 2. The third kappa shape index (κ3) is 5.69. The zero-order valence-corrected chi connectivity index (χ0v) is 18.0. The molecule has 156 valence electrons. The summed E-state index contributed by atoms with van der Waals surface area (Å²) in [7, 11) is 0. The second-order valence-electron chi connectivity index (χ2n) is 5.90. The molecular formula is C20H16Cl2N2O5S. The van der Waals surface area contributed by atoms with Crippen LogP contribution in [0.25, 0.3) is 6.08 Å². The highest BCUT2D eigenvalue weighted by molar-refractivity contribution is 8.18. The van der Waals surface area contributed by atoms with E-state index >= 15 is 0 Å². The highest BCUT2D eigenvalue weighted by Crippen LogP contribution is 2.38. The number of hydrogen-bond acceptors (Lipinski definition) is 6. The van der Waals surface area contributed by atoms with Crippen molar-refractivity contribution < 1.29 is 24.2 Å². The van der Waals surface area contributed by atoms with E-state index in [9.17, 15) is 9.59 Å². The minimum absolute atomic E-state index is 0.136. The van der Waals surface area contributed by atoms with Crippen molar-refractivity contribution in [1.29, 1.82) is 0 Å². The van der Waals surface area contributed by atoms with Crippen LogP contribution in [0, 0.1) is 0 Å². The predicted octanol–water partition coefficient (Wildman–Crippen LogP) is 4.75. The van der Waals surface area contributed by atoms with Gasteiger partial charge in [0.1, 0.15) is 0 Å². The van der Waals surface area contributed by atoms with E-state index in [1.54, 1.807) is 49.4 Å². The van der Waals surface area contributed by atoms with Crippen LogP contribution in [0.4, 0.5) is 5.69 Å². The Hall–Kier alpha value is -2.68. The van der Waals surface area contributed by atoms with E-state index in [1.807, 2.05) is 0 Å². The number of nitrogens with zero attached hydrogens (tertiary/aromatic N) is 1. The number of carbonyl (C=O) groups excluding carboxylic acids is 1. The Labute approximate surface area is 186 Å². The summed E-state index contributed by atoms with van der Waals surface area (Å²) in [5.41, 5.74) is 1.25. The highest BCUT2D eigenvalue weighted by atomic mass is 35.5. The van der Waals surface area contributed by atoms with Crippen LogP contribution in [0.5, 0.6) is 11.5 Å². The number of amides is 1. The van der Waals surface area contributed by atoms with Crippen LogP contribution in [-0.2, 0) is 9.59 Å². The van der Waals surface area contributed by atoms with Crippen molar-refractivity contribution in [2.45, 2.75) is 6.92 Å². The fourth-order valence-corrected chi connectivity index (χ4v) is 3.71. The van der Waals surface area contributed by atoms with Gasteiger partial charge in [-0.1, -0.05) is 23.2 Å². The molecule has 1 aliphatic rings. The molecule has 0 bridgehead atoms. The molecule has 0 atom stereocenters. The monoisotopic (exact) mass is 466 g/mol. The number of aliphatic carboxylic acids is 1. The molecule has 7 nitrogen and oxygen atoms in total. The fraction of sp³-hybridized carbons (Fsp3) is 0.150. The summed E-state index contributed by atoms with van der Waals surface area (Å²) >= 11 is 13.3. The van der Waals surface area contributed by atoms with Gasteiger partial charge in [-0.3, -0.25) is 4.79 Å². The zero-order chi connectivity index (χ0) is 21.7. The Morgan fingerprint density at radius 2 is 1.97 bits per heavy atom. The third-order valence-corrected chi connectivity index (χ3v) is 5.12. The zero-order valence-electron chi connectivity index (χ0n) is 15.6. The van der Waals surface area contributed by atoms with Gasteiger partial charge in [-0.15, -0.1) is 0 Å². The summed E-state index contributed by atoms with van der Waals surface area (Å²) in [5, 5.41) is 12.7. The molecule has 1 aliphatic heterocycles. The van der Waals surface area contributed by atoms with E-state index in [0.29, 0.717) is 33.0 Å². The summed E-state index contributed by atoms with van der Waals surface area (Å²) < 4.78 is 10.7. The first-order valence-electron chi connectivity index (χ1n) is 8.71. The fourth-order valence-electron chi connectivity index (χ4n) is 2.47. The Morgan fingerprint density at radius 1 is 1.23 bits per heavy atom. The molecule has 10 heteroatoms. The third-order valence-electron chi connectivity index (χ3n) is 3.68. The maximum Gasteiger partial charge on any atom is 0.341 e. The Balaban J connectivity index is 1.85. The maximum atomic E-state index is 12.3. The van der Waals surface area contributed by atoms with E-state index in [4.69, 9.17) is 37.8 Å². The number of aliphatic imine (C=N–C) groups is 1. The lowest BCUT2D eigenvalue weighted by Gasteiger charge is -2.13. The first-order valence-corrected chi connectivity index (χ1v) is 10.3. The standard InChI is InChI=1S/C20H16Cl2N2O5S/c1-2-28-15-8-11(7-14(22)18(15)29-10-17(25)26)9-16-19(27)24-20(30-16)23-13-5-3-12(21)4-6-13/h3-9H,2,10H2,1H3,(H,25,26)(H,23,24,27). The lowest BCUT2D eigenvalue weighted by molar-refractivity contribution is -0.139. The second kappa shape index (κ2) is 9.88. The number of carboxylic acid groups (broad SMARTS) is 1. The van der Waals surface area contributed by atoms with Crippen LogP contribution in [0.3, 0.4) is 0 Å². The molecule has 1 amide bonds. The van der Waals surface area contributed by atoms with E-state index in [2.05, 4.69) is 10.3 Å². The molecule has 0 spiro atoms. The first kappa shape index (κ1) is 22.0. The van der Waals surface area contributed by atoms with Gasteiger partial charge in [-0.05, 0) is 66.7 Å². The van der Waals surface area contributed by atoms with Crippen LogP contribution < -0.4 is 14.8 Å². The molecule has 3 rings (SSSR count). The number of thioether (sulfide) groups is 1. The molecule has 0 unspecified atom stereocenters. The predicted molar refractivity (Wildman–Crippen MR) is 118 cm³/mol. The van der Waals surface area contributed by atoms with E-state index in [0.717, 1.165) is 0 Å². The summed E-state index contributed by atoms with van der Waals surface area (Å²) in [6, 6.07) is 10.1. The lowest BCUT2D eigenvalue weighted by atomic mass is 10.2. The average molecular weight is 467 g/mol. The Morgan fingerprint density at radius 3 is 2.63 bits per heavy atom. The summed E-state index contributed by atoms with van der Waals surface area (Å²) in [6.45, 7) is 1.55. The molecule has 1 heterocycles. The van der Waals surface area contributed by atoms with Crippen LogP contribution in [-0.4, -0.2) is 35.4 Å². The quantitative estimate of drug-likeness (QED) is 0.571. The Bertz CT molecular complexity index is 1040. The largest absolute Gasteiger partial charge is 0.490 e. The van der Waals surface area contributed by atoms with Gasteiger partial charge in [0, 0.05) is 5.02 Å². The molecule has 0 saturated carbocycles. The molecule has 2 aromatic carbocycles. The molecule has 0 aliphatic carbocycles. The van der Waals surface area contributed by atoms with Crippen LogP contribution in [0.15, 0.2) is 46.3 Å². The molecule has 0 aromatic heterocycles. The summed E-state index contributed by atoms with van der Waals surface area (Å²) in [4.78, 5) is 27.9. The molecule has 2 aromatic rings. The first-order chi connectivity index (χ1) is 14.4. The van der Waals surface area contributed by atoms with Gasteiger partial charge in [0.25, 0.3) is 5.91 Å². The highest BCUT2D eigenvalue weighted by Gasteiger charge is 2.24. The number of nitrogens with one attached hydrogen (secondary N) is 1. The summed E-state index contributed by atoms with van der Waals surface area (Å²) in [5.74, 6) is -1.01. The van der Waals surface area contributed by atoms with Crippen molar-refractivity contribution in [1.82, 2.24) is 5.32 Å². The van der Waals surface area contributed by atoms with Gasteiger partial charge < -0.3 is 19.9 Å². The van der Waals surface area contributed by atoms with Gasteiger partial charge >= 0.3 is 5.97 Å². The molecule has 0 radical (unpaired) electrons. The van der Waals surface area contributed by atoms with Gasteiger partial charge in [0.05, 0.1) is 22.2 Å². The average Bonchev–Trinajstić information content (AvgIpc) is 3.02. The van der Waals surface area contributed by atoms with Gasteiger partial charge in [-0.2, -0.15) is 0 Å². The topological polar surface area (TPSA) is 97.2 Å². The maximum absolute atomic E-state index is 12.3. The SMILES string of the molecule is CCOc1cc(C=C2SC(=Nc3ccc(Cl)cc3)NC2=O)cc(Cl)c1OCC(=O)O. The van der Waals surface area contributed by atoms with Gasteiger partial charge in [0.2, 0.25) is 0 Å².